The van der Waals surface area contributed by atoms with E-state index in [1.54, 1.807) is 0 Å². The lowest BCUT2D eigenvalue weighted by Gasteiger charge is -2.19. The van der Waals surface area contributed by atoms with Gasteiger partial charge in [0.15, 0.2) is 0 Å². The first-order chi connectivity index (χ1) is 17.8. The van der Waals surface area contributed by atoms with Crippen LogP contribution >= 0.6 is 0 Å². The topological polar surface area (TPSA) is 102 Å². The summed E-state index contributed by atoms with van der Waals surface area (Å²) in [4.78, 5) is 22.6. The third-order valence-corrected chi connectivity index (χ3v) is 5.10. The zero-order valence-electron chi connectivity index (χ0n) is 23.2. The monoisotopic (exact) mass is 525 g/mol. The van der Waals surface area contributed by atoms with Gasteiger partial charge in [0, 0.05) is 26.2 Å². The van der Waals surface area contributed by atoms with E-state index in [9.17, 15) is 9.59 Å². The second-order valence-electron chi connectivity index (χ2n) is 9.60. The van der Waals surface area contributed by atoms with E-state index in [0.29, 0.717) is 59.0 Å². The summed E-state index contributed by atoms with van der Waals surface area (Å²) in [7, 11) is 1.39. The molecule has 1 rings (SSSR count). The maximum Gasteiger partial charge on any atom is 0.407 e. The number of benzene rings is 1. The SMILES string of the molecule is COC(=O)CCCOCCOCCOCCCCCCOc1ccc(CCNC(=O)OC(C)(C)C)cc1. The van der Waals surface area contributed by atoms with Gasteiger partial charge in [0.1, 0.15) is 11.4 Å². The minimum absolute atomic E-state index is 0.212. The Morgan fingerprint density at radius 3 is 1.92 bits per heavy atom. The van der Waals surface area contributed by atoms with Gasteiger partial charge in [-0.3, -0.25) is 4.79 Å². The predicted molar refractivity (Wildman–Crippen MR) is 142 cm³/mol. The zero-order valence-corrected chi connectivity index (χ0v) is 23.2. The van der Waals surface area contributed by atoms with Crippen LogP contribution in [0.5, 0.6) is 5.75 Å². The molecule has 9 heteroatoms. The second kappa shape index (κ2) is 20.7. The molecule has 1 amide bonds. The van der Waals surface area contributed by atoms with Crippen LogP contribution in [0.25, 0.3) is 0 Å². The number of amides is 1. The minimum Gasteiger partial charge on any atom is -0.494 e. The van der Waals surface area contributed by atoms with E-state index in [2.05, 4.69) is 10.1 Å². The first-order valence-electron chi connectivity index (χ1n) is 13.3. The van der Waals surface area contributed by atoms with E-state index in [-0.39, 0.29) is 5.97 Å². The number of hydrogen-bond donors (Lipinski definition) is 1. The molecule has 37 heavy (non-hydrogen) atoms. The molecule has 0 bridgehead atoms. The van der Waals surface area contributed by atoms with E-state index < -0.39 is 11.7 Å². The van der Waals surface area contributed by atoms with Gasteiger partial charge in [0.25, 0.3) is 0 Å². The summed E-state index contributed by atoms with van der Waals surface area (Å²) >= 11 is 0. The third kappa shape index (κ3) is 20.4. The molecule has 0 atom stereocenters. The van der Waals surface area contributed by atoms with Crippen LogP contribution in [-0.4, -0.2) is 77.6 Å². The summed E-state index contributed by atoms with van der Waals surface area (Å²) in [5, 5.41) is 2.77. The average Bonchev–Trinajstić information content (AvgIpc) is 2.85. The molecule has 0 saturated heterocycles. The molecule has 0 saturated carbocycles. The van der Waals surface area contributed by atoms with Crippen molar-refractivity contribution in [1.29, 1.82) is 0 Å². The molecule has 1 aromatic rings. The number of unbranched alkanes of at least 4 members (excludes halogenated alkanes) is 3. The van der Waals surface area contributed by atoms with Crippen molar-refractivity contribution in [3.05, 3.63) is 29.8 Å². The smallest absolute Gasteiger partial charge is 0.407 e. The lowest BCUT2D eigenvalue weighted by molar-refractivity contribution is -0.141. The van der Waals surface area contributed by atoms with Crippen molar-refractivity contribution in [3.63, 3.8) is 0 Å². The number of methoxy groups -OCH3 is 1. The predicted octanol–water partition coefficient (Wildman–Crippen LogP) is 4.70. The zero-order chi connectivity index (χ0) is 27.2. The highest BCUT2D eigenvalue weighted by Crippen LogP contribution is 2.13. The van der Waals surface area contributed by atoms with Gasteiger partial charge in [0.05, 0.1) is 40.1 Å². The van der Waals surface area contributed by atoms with Crippen molar-refractivity contribution in [2.75, 3.05) is 59.9 Å². The van der Waals surface area contributed by atoms with Crippen LogP contribution in [0.1, 0.15) is 64.9 Å². The van der Waals surface area contributed by atoms with Gasteiger partial charge in [-0.05, 0) is 70.6 Å². The molecule has 0 aliphatic heterocycles. The highest BCUT2D eigenvalue weighted by molar-refractivity contribution is 5.69. The van der Waals surface area contributed by atoms with E-state index in [1.165, 1.54) is 7.11 Å². The van der Waals surface area contributed by atoms with Crippen molar-refractivity contribution < 1.29 is 38.0 Å². The molecule has 0 spiro atoms. The lowest BCUT2D eigenvalue weighted by Crippen LogP contribution is -2.33. The first kappa shape index (κ1) is 32.7. The molecule has 1 aromatic carbocycles. The Balaban J connectivity index is 1.88. The molecule has 0 heterocycles. The standard InChI is InChI=1S/C28H47NO8/c1-28(2,3)37-27(31)29-16-15-24-11-13-25(14-12-24)36-19-8-6-5-7-17-33-20-22-35-23-21-34-18-9-10-26(30)32-4/h11-14H,5-10,15-23H2,1-4H3,(H,29,31). The van der Waals surface area contributed by atoms with E-state index >= 15 is 0 Å². The molecule has 0 aliphatic carbocycles. The van der Waals surface area contributed by atoms with Crippen LogP contribution in [0.4, 0.5) is 4.79 Å². The van der Waals surface area contributed by atoms with Crippen LogP contribution in [0, 0.1) is 0 Å². The lowest BCUT2D eigenvalue weighted by atomic mass is 10.1. The highest BCUT2D eigenvalue weighted by Gasteiger charge is 2.15. The molecule has 1 N–H and O–H groups in total. The highest BCUT2D eigenvalue weighted by atomic mass is 16.6. The van der Waals surface area contributed by atoms with Crippen LogP contribution in [0.15, 0.2) is 24.3 Å². The van der Waals surface area contributed by atoms with Crippen LogP contribution in [0.2, 0.25) is 0 Å². The molecule has 0 aliphatic rings. The number of nitrogens with one attached hydrogen (secondary N) is 1. The number of alkyl carbamates (subject to hydrolysis) is 1. The fraction of sp³-hybridized carbons (Fsp3) is 0.714. The van der Waals surface area contributed by atoms with Gasteiger partial charge in [-0.15, -0.1) is 0 Å². The second-order valence-corrected chi connectivity index (χ2v) is 9.60. The number of ether oxygens (including phenoxy) is 6. The number of carbonyl (C=O) groups is 2. The number of hydrogen-bond acceptors (Lipinski definition) is 8. The number of esters is 1. The Hall–Kier alpha value is -2.36. The molecule has 0 fully saturated rings. The summed E-state index contributed by atoms with van der Waals surface area (Å²) in [6.07, 6.45) is 5.62. The summed E-state index contributed by atoms with van der Waals surface area (Å²) in [5.41, 5.74) is 0.647. The molecule has 0 unspecified atom stereocenters. The minimum atomic E-state index is -0.487. The average molecular weight is 526 g/mol. The molecule has 212 valence electrons. The van der Waals surface area contributed by atoms with Crippen molar-refractivity contribution in [2.45, 2.75) is 71.3 Å². The Kier molecular flexibility index (Phi) is 18.3. The molecular formula is C28H47NO8. The summed E-state index contributed by atoms with van der Waals surface area (Å²) < 4.78 is 32.0. The summed E-state index contributed by atoms with van der Waals surface area (Å²) in [6, 6.07) is 7.98. The third-order valence-electron chi connectivity index (χ3n) is 5.10. The van der Waals surface area contributed by atoms with E-state index in [0.717, 1.165) is 50.0 Å². The Morgan fingerprint density at radius 1 is 0.757 bits per heavy atom. The van der Waals surface area contributed by atoms with Crippen molar-refractivity contribution in [1.82, 2.24) is 5.32 Å². The van der Waals surface area contributed by atoms with Crippen molar-refractivity contribution in [2.24, 2.45) is 0 Å². The van der Waals surface area contributed by atoms with Gasteiger partial charge >= 0.3 is 12.1 Å². The Morgan fingerprint density at radius 2 is 1.32 bits per heavy atom. The van der Waals surface area contributed by atoms with Gasteiger partial charge < -0.3 is 33.7 Å². The fourth-order valence-electron chi connectivity index (χ4n) is 3.19. The Labute approximate surface area is 222 Å². The first-order valence-corrected chi connectivity index (χ1v) is 13.3. The maximum atomic E-state index is 11.7. The maximum absolute atomic E-state index is 11.7. The van der Waals surface area contributed by atoms with Crippen molar-refractivity contribution >= 4 is 12.1 Å². The molecule has 0 radical (unpaired) electrons. The van der Waals surface area contributed by atoms with Gasteiger partial charge in [-0.2, -0.15) is 0 Å². The van der Waals surface area contributed by atoms with Crippen molar-refractivity contribution in [3.8, 4) is 5.75 Å². The van der Waals surface area contributed by atoms with E-state index in [4.69, 9.17) is 23.7 Å². The van der Waals surface area contributed by atoms with Gasteiger partial charge in [-0.25, -0.2) is 4.79 Å². The van der Waals surface area contributed by atoms with E-state index in [1.807, 2.05) is 45.0 Å². The number of carbonyl (C=O) groups excluding carboxylic acids is 2. The fourth-order valence-corrected chi connectivity index (χ4v) is 3.19. The number of rotatable bonds is 21. The van der Waals surface area contributed by atoms with Crippen LogP contribution in [-0.2, 0) is 34.9 Å². The molecule has 0 aromatic heterocycles. The molecule has 9 nitrogen and oxygen atoms in total. The van der Waals surface area contributed by atoms with Gasteiger partial charge in [0.2, 0.25) is 0 Å². The molecular weight excluding hydrogens is 478 g/mol. The normalized spacial score (nSPS) is 11.2. The summed E-state index contributed by atoms with van der Waals surface area (Å²) in [5.74, 6) is 0.648. The quantitative estimate of drug-likeness (QED) is 0.182. The summed E-state index contributed by atoms with van der Waals surface area (Å²) in [6.45, 7) is 10.2. The van der Waals surface area contributed by atoms with Crippen LogP contribution < -0.4 is 10.1 Å². The Bertz CT molecular complexity index is 718. The van der Waals surface area contributed by atoms with Gasteiger partial charge in [-0.1, -0.05) is 18.6 Å². The largest absolute Gasteiger partial charge is 0.494 e. The van der Waals surface area contributed by atoms with Crippen LogP contribution in [0.3, 0.4) is 0 Å².